The topological polar surface area (TPSA) is 91.9 Å². The summed E-state index contributed by atoms with van der Waals surface area (Å²) in [7, 11) is 6.93. The van der Waals surface area contributed by atoms with Gasteiger partial charge in [0.2, 0.25) is 0 Å². The summed E-state index contributed by atoms with van der Waals surface area (Å²) in [6.45, 7) is 4.99. The second-order valence-corrected chi connectivity index (χ2v) is 5.30. The Balaban J connectivity index is 0.00000104. The standard InChI is InChI=1S/C15H20N2O3.C2H4O2.Pd/c1-8-7-10(18)17(4)13-11(8)15(20-6)12(16-3)9(2)14(13)19-5;1-2(3)4;/h7,16H,1-6H3;1H3,(H,3,4);/p+1. The number of aromatic nitrogens is 1. The largest absolute Gasteiger partial charge is 0.494 e. The molecule has 1 aromatic carbocycles. The fraction of sp³-hybridized carbons (Fsp3) is 0.412. The Bertz CT molecular complexity index is 774. The number of nitrogens with zero attached hydrogens (tertiary/aromatic N) is 1. The number of hydrogen-bond acceptors (Lipinski definition) is 5. The molecule has 1 heterocycles. The Morgan fingerprint density at radius 3 is 2.08 bits per heavy atom. The molecule has 1 aromatic heterocycles. The van der Waals surface area contributed by atoms with Crippen LogP contribution in [0.5, 0.6) is 17.4 Å². The molecule has 0 radical (unpaired) electrons. The number of fused-ring (bicyclic) bond motifs is 1. The molecule has 0 spiro atoms. The second kappa shape index (κ2) is 9.45. The number of methoxy groups -OCH3 is 2. The van der Waals surface area contributed by atoms with Crippen LogP contribution in [0.15, 0.2) is 6.07 Å². The van der Waals surface area contributed by atoms with E-state index >= 15 is 0 Å². The zero-order valence-electron chi connectivity index (χ0n) is 15.5. The first-order chi connectivity index (χ1) is 11.2. The number of nitrogens with one attached hydrogen (secondary N) is 1. The van der Waals surface area contributed by atoms with Crippen molar-refractivity contribution in [3.63, 3.8) is 0 Å². The van der Waals surface area contributed by atoms with Crippen molar-refractivity contribution in [1.82, 2.24) is 0 Å². The predicted octanol–water partition coefficient (Wildman–Crippen LogP) is 2.13. The van der Waals surface area contributed by atoms with E-state index in [9.17, 15) is 5.11 Å². The molecule has 0 saturated heterocycles. The summed E-state index contributed by atoms with van der Waals surface area (Å²) in [6.07, 6.45) is 0. The van der Waals surface area contributed by atoms with Crippen molar-refractivity contribution in [3.05, 3.63) is 17.2 Å². The molecule has 0 saturated carbocycles. The third-order valence-electron chi connectivity index (χ3n) is 3.70. The van der Waals surface area contributed by atoms with Crippen LogP contribution in [0.2, 0.25) is 0 Å². The Labute approximate surface area is 161 Å². The Kier molecular flexibility index (Phi) is 8.68. The number of carboxylic acids is 1. The number of aryl methyl sites for hydroxylation is 2. The summed E-state index contributed by atoms with van der Waals surface area (Å²) >= 11 is 0. The van der Waals surface area contributed by atoms with E-state index in [1.54, 1.807) is 31.9 Å². The quantitative estimate of drug-likeness (QED) is 0.497. The van der Waals surface area contributed by atoms with Crippen LogP contribution in [0.1, 0.15) is 18.1 Å². The van der Waals surface area contributed by atoms with E-state index in [1.807, 2.05) is 20.9 Å². The van der Waals surface area contributed by atoms with Crippen molar-refractivity contribution in [3.8, 4) is 17.4 Å². The van der Waals surface area contributed by atoms with Crippen LogP contribution in [0, 0.1) is 13.8 Å². The zero-order valence-corrected chi connectivity index (χ0v) is 17.0. The van der Waals surface area contributed by atoms with Crippen LogP contribution < -0.4 is 19.4 Å². The molecule has 0 fully saturated rings. The molecule has 7 nitrogen and oxygen atoms in total. The van der Waals surface area contributed by atoms with Crippen LogP contribution in [0.25, 0.3) is 10.9 Å². The van der Waals surface area contributed by atoms with Crippen LogP contribution in [-0.4, -0.2) is 37.4 Å². The zero-order chi connectivity index (χ0) is 18.6. The van der Waals surface area contributed by atoms with Gasteiger partial charge in [0.1, 0.15) is 7.05 Å². The molecule has 2 aromatic rings. The summed E-state index contributed by atoms with van der Waals surface area (Å²) in [4.78, 5) is 9.00. The van der Waals surface area contributed by atoms with E-state index < -0.39 is 5.97 Å². The molecule has 25 heavy (non-hydrogen) atoms. The monoisotopic (exact) mass is 443 g/mol. The molecule has 0 unspecified atom stereocenters. The molecule has 0 aliphatic carbocycles. The van der Waals surface area contributed by atoms with Crippen molar-refractivity contribution in [2.75, 3.05) is 26.6 Å². The van der Waals surface area contributed by atoms with Gasteiger partial charge in [-0.1, -0.05) is 0 Å². The van der Waals surface area contributed by atoms with Crippen LogP contribution in [0.3, 0.4) is 0 Å². The Morgan fingerprint density at radius 1 is 1.20 bits per heavy atom. The summed E-state index contributed by atoms with van der Waals surface area (Å²) in [6, 6.07) is 1.72. The first-order valence-corrected chi connectivity index (χ1v) is 7.35. The minimum absolute atomic E-state index is 0. The van der Waals surface area contributed by atoms with Gasteiger partial charge >= 0.3 is 5.88 Å². The number of rotatable bonds is 3. The molecular weight excluding hydrogens is 419 g/mol. The van der Waals surface area contributed by atoms with Crippen molar-refractivity contribution < 1.29 is 49.5 Å². The number of carbonyl (C=O) groups is 1. The summed E-state index contributed by atoms with van der Waals surface area (Å²) in [5, 5.41) is 21.6. The van der Waals surface area contributed by atoms with Gasteiger partial charge in [0, 0.05) is 40.0 Å². The molecule has 142 valence electrons. The summed E-state index contributed by atoms with van der Waals surface area (Å²) in [5.41, 5.74) is 3.59. The molecule has 0 bridgehead atoms. The molecule has 0 aliphatic rings. The van der Waals surface area contributed by atoms with Gasteiger partial charge in [-0.05, 0) is 19.4 Å². The molecule has 0 atom stereocenters. The summed E-state index contributed by atoms with van der Waals surface area (Å²) < 4.78 is 12.9. The maximum atomic E-state index is 10.1. The average Bonchev–Trinajstić information content (AvgIpc) is 2.50. The van der Waals surface area contributed by atoms with Crippen molar-refractivity contribution in [2.45, 2.75) is 20.8 Å². The van der Waals surface area contributed by atoms with Gasteiger partial charge in [0.15, 0.2) is 11.5 Å². The summed E-state index contributed by atoms with van der Waals surface area (Å²) in [5.74, 6) is 0.840. The third-order valence-corrected chi connectivity index (χ3v) is 3.70. The molecule has 0 aliphatic heterocycles. The van der Waals surface area contributed by atoms with Gasteiger partial charge in [-0.15, -0.1) is 0 Å². The fourth-order valence-electron chi connectivity index (χ4n) is 2.73. The first kappa shape index (κ1) is 23.0. The molecule has 8 heteroatoms. The minimum atomic E-state index is -0.833. The Morgan fingerprint density at radius 2 is 1.68 bits per heavy atom. The Hall–Kier alpha value is -2.04. The van der Waals surface area contributed by atoms with Crippen LogP contribution in [0.4, 0.5) is 5.69 Å². The van der Waals surface area contributed by atoms with Gasteiger partial charge in [-0.3, -0.25) is 4.79 Å². The number of pyridine rings is 1. The molecule has 3 N–H and O–H groups in total. The van der Waals surface area contributed by atoms with E-state index in [1.165, 1.54) is 0 Å². The van der Waals surface area contributed by atoms with E-state index in [-0.39, 0.29) is 26.3 Å². The number of ether oxygens (including phenoxy) is 2. The van der Waals surface area contributed by atoms with Crippen molar-refractivity contribution in [2.24, 2.45) is 7.05 Å². The average molecular weight is 444 g/mol. The smallest absolute Gasteiger partial charge is 0.365 e. The maximum absolute atomic E-state index is 10.1. The van der Waals surface area contributed by atoms with Crippen molar-refractivity contribution >= 4 is 22.6 Å². The number of anilines is 1. The van der Waals surface area contributed by atoms with E-state index in [4.69, 9.17) is 19.4 Å². The van der Waals surface area contributed by atoms with E-state index in [0.717, 1.165) is 46.1 Å². The van der Waals surface area contributed by atoms with Gasteiger partial charge in [-0.25, -0.2) is 0 Å². The normalized spacial score (nSPS) is 9.56. The molecule has 2 rings (SSSR count). The fourth-order valence-corrected chi connectivity index (χ4v) is 2.73. The van der Waals surface area contributed by atoms with E-state index in [0.29, 0.717) is 0 Å². The first-order valence-electron chi connectivity index (χ1n) is 7.35. The van der Waals surface area contributed by atoms with Crippen molar-refractivity contribution in [1.29, 1.82) is 0 Å². The number of benzene rings is 1. The van der Waals surface area contributed by atoms with Gasteiger partial charge in [-0.2, -0.15) is 4.57 Å². The SMILES string of the molecule is CC(=O)O.CNc1c(C)c(OC)c2c(c(C)cc(O)[n+]2C)c1OC.[Pd]. The van der Waals surface area contributed by atoms with E-state index in [2.05, 4.69) is 5.32 Å². The van der Waals surface area contributed by atoms with Gasteiger partial charge < -0.3 is 25.0 Å². The van der Waals surface area contributed by atoms with Crippen LogP contribution in [-0.2, 0) is 32.3 Å². The second-order valence-electron chi connectivity index (χ2n) is 5.30. The number of aliphatic carboxylic acids is 1. The minimum Gasteiger partial charge on any atom is -0.494 e. The molecule has 0 amide bonds. The number of hydrogen-bond donors (Lipinski definition) is 3. The predicted molar refractivity (Wildman–Crippen MR) is 92.2 cm³/mol. The number of carboxylic acid groups (broad SMARTS) is 1. The van der Waals surface area contributed by atoms with Gasteiger partial charge in [0.05, 0.1) is 31.4 Å². The maximum Gasteiger partial charge on any atom is 0.365 e. The third kappa shape index (κ3) is 4.53. The van der Waals surface area contributed by atoms with Gasteiger partial charge in [0.25, 0.3) is 11.5 Å². The number of aromatic hydroxyl groups is 1. The molecular formula is C17H25N2O5Pd+. The van der Waals surface area contributed by atoms with Crippen LogP contribution >= 0.6 is 0 Å².